The number of alkyl halides is 3. The number of aromatic nitrogens is 2. The van der Waals surface area contributed by atoms with Crippen molar-refractivity contribution >= 4 is 40.0 Å². The summed E-state index contributed by atoms with van der Waals surface area (Å²) in [6.45, 7) is 0. The number of nitrogens with one attached hydrogen (secondary N) is 2. The van der Waals surface area contributed by atoms with Gasteiger partial charge < -0.3 is 22.1 Å². The number of carbonyl (C=O) groups excluding carboxylic acids is 2. The smallest absolute Gasteiger partial charge is 0.368 e. The lowest BCUT2D eigenvalue weighted by atomic mass is 10.1. The summed E-state index contributed by atoms with van der Waals surface area (Å²) in [4.78, 5) is 31.1. The molecule has 0 spiro atoms. The van der Waals surface area contributed by atoms with Gasteiger partial charge in [-0.05, 0) is 24.3 Å². The lowest BCUT2D eigenvalue weighted by Crippen LogP contribution is -2.39. The summed E-state index contributed by atoms with van der Waals surface area (Å²) in [5, 5.41) is 5.64. The van der Waals surface area contributed by atoms with Crippen LogP contribution in [0.2, 0.25) is 0 Å². The van der Waals surface area contributed by atoms with Crippen molar-refractivity contribution in [1.82, 2.24) is 9.97 Å². The van der Waals surface area contributed by atoms with Crippen molar-refractivity contribution in [2.75, 3.05) is 10.6 Å². The number of halogens is 4. The average Bonchev–Trinajstić information content (AvgIpc) is 2.68. The Morgan fingerprint density at radius 1 is 1.10 bits per heavy atom. The molecule has 0 aliphatic heterocycles. The molecule has 1 aromatic carbocycles. The van der Waals surface area contributed by atoms with Crippen LogP contribution in [0.15, 0.2) is 42.6 Å². The zero-order valence-corrected chi connectivity index (χ0v) is 15.7. The molecule has 3 rings (SSSR count). The molecule has 0 saturated carbocycles. The molecular formula is C19H16F4N6O2. The van der Waals surface area contributed by atoms with E-state index in [0.717, 1.165) is 5.39 Å². The van der Waals surface area contributed by atoms with Gasteiger partial charge in [0, 0.05) is 17.3 Å². The molecule has 12 heteroatoms. The van der Waals surface area contributed by atoms with Crippen LogP contribution in [-0.4, -0.2) is 34.0 Å². The molecule has 31 heavy (non-hydrogen) atoms. The topological polar surface area (TPSA) is 136 Å². The van der Waals surface area contributed by atoms with Gasteiger partial charge in [0.2, 0.25) is 5.91 Å². The van der Waals surface area contributed by atoms with Gasteiger partial charge in [0.05, 0.1) is 17.5 Å². The Balaban J connectivity index is 1.98. The highest BCUT2D eigenvalue weighted by atomic mass is 19.4. The number of anilines is 3. The summed E-state index contributed by atoms with van der Waals surface area (Å²) in [6, 6.07) is 7.27. The first-order valence-corrected chi connectivity index (χ1v) is 8.78. The van der Waals surface area contributed by atoms with Crippen LogP contribution < -0.4 is 22.1 Å². The zero-order chi connectivity index (χ0) is 22.8. The first-order valence-electron chi connectivity index (χ1n) is 8.78. The SMILES string of the molecule is NC(=O)c1cc(F)c(N[C@H](CC(F)(F)F)C(N)=O)nc1Nc1ccc2cccnc2c1. The molecule has 1 atom stereocenters. The van der Waals surface area contributed by atoms with Gasteiger partial charge >= 0.3 is 6.18 Å². The van der Waals surface area contributed by atoms with Crippen molar-refractivity contribution in [2.24, 2.45) is 11.5 Å². The summed E-state index contributed by atoms with van der Waals surface area (Å²) < 4.78 is 52.5. The Morgan fingerprint density at radius 2 is 1.84 bits per heavy atom. The molecule has 2 amide bonds. The second-order valence-electron chi connectivity index (χ2n) is 6.53. The third kappa shape index (κ3) is 5.35. The largest absolute Gasteiger partial charge is 0.391 e. The molecule has 8 nitrogen and oxygen atoms in total. The number of hydrogen-bond donors (Lipinski definition) is 4. The molecule has 2 heterocycles. The quantitative estimate of drug-likeness (QED) is 0.421. The average molecular weight is 436 g/mol. The summed E-state index contributed by atoms with van der Waals surface area (Å²) in [5.41, 5.74) is 10.9. The van der Waals surface area contributed by atoms with Gasteiger partial charge in [-0.2, -0.15) is 13.2 Å². The summed E-state index contributed by atoms with van der Waals surface area (Å²) in [5.74, 6) is -4.51. The van der Waals surface area contributed by atoms with Crippen LogP contribution >= 0.6 is 0 Å². The minimum atomic E-state index is -4.74. The maximum Gasteiger partial charge on any atom is 0.391 e. The molecular weight excluding hydrogens is 420 g/mol. The fourth-order valence-electron chi connectivity index (χ4n) is 2.77. The number of rotatable bonds is 7. The molecule has 0 radical (unpaired) electrons. The number of nitrogens with two attached hydrogens (primary N) is 2. The Bertz CT molecular complexity index is 1150. The fraction of sp³-hybridized carbons (Fsp3) is 0.158. The minimum absolute atomic E-state index is 0.234. The van der Waals surface area contributed by atoms with E-state index >= 15 is 0 Å². The number of carbonyl (C=O) groups is 2. The minimum Gasteiger partial charge on any atom is -0.368 e. The van der Waals surface area contributed by atoms with Crippen LogP contribution in [0.25, 0.3) is 10.9 Å². The first kappa shape index (κ1) is 21.7. The highest BCUT2D eigenvalue weighted by Crippen LogP contribution is 2.28. The van der Waals surface area contributed by atoms with Crippen molar-refractivity contribution in [3.05, 3.63) is 54.0 Å². The van der Waals surface area contributed by atoms with E-state index < -0.39 is 42.1 Å². The second-order valence-corrected chi connectivity index (χ2v) is 6.53. The Labute approximate surface area is 172 Å². The molecule has 0 bridgehead atoms. The lowest BCUT2D eigenvalue weighted by Gasteiger charge is -2.19. The number of hydrogen-bond acceptors (Lipinski definition) is 6. The van der Waals surface area contributed by atoms with E-state index in [9.17, 15) is 27.2 Å². The lowest BCUT2D eigenvalue weighted by molar-refractivity contribution is -0.144. The van der Waals surface area contributed by atoms with E-state index in [1.165, 1.54) is 0 Å². The number of amides is 2. The molecule has 2 aromatic heterocycles. The summed E-state index contributed by atoms with van der Waals surface area (Å²) in [7, 11) is 0. The van der Waals surface area contributed by atoms with E-state index in [1.807, 2.05) is 11.4 Å². The monoisotopic (exact) mass is 436 g/mol. The normalized spacial score (nSPS) is 12.4. The van der Waals surface area contributed by atoms with E-state index in [-0.39, 0.29) is 11.4 Å². The van der Waals surface area contributed by atoms with E-state index in [2.05, 4.69) is 15.3 Å². The number of pyridine rings is 2. The van der Waals surface area contributed by atoms with Crippen LogP contribution in [0.5, 0.6) is 0 Å². The van der Waals surface area contributed by atoms with Crippen LogP contribution in [0.1, 0.15) is 16.8 Å². The van der Waals surface area contributed by atoms with Crippen molar-refractivity contribution < 1.29 is 27.2 Å². The number of primary amides is 2. The Hall–Kier alpha value is -3.96. The van der Waals surface area contributed by atoms with Crippen LogP contribution in [0.3, 0.4) is 0 Å². The second kappa shape index (κ2) is 8.42. The fourth-order valence-corrected chi connectivity index (χ4v) is 2.77. The highest BCUT2D eigenvalue weighted by Gasteiger charge is 2.35. The van der Waals surface area contributed by atoms with Crippen molar-refractivity contribution in [3.8, 4) is 0 Å². The van der Waals surface area contributed by atoms with Crippen LogP contribution in [0, 0.1) is 5.82 Å². The molecule has 6 N–H and O–H groups in total. The van der Waals surface area contributed by atoms with Gasteiger partial charge in [-0.15, -0.1) is 0 Å². The predicted octanol–water partition coefficient (Wildman–Crippen LogP) is 2.83. The van der Waals surface area contributed by atoms with Crippen LogP contribution in [-0.2, 0) is 4.79 Å². The molecule has 0 aliphatic rings. The molecule has 3 aromatic rings. The first-order chi connectivity index (χ1) is 14.5. The Kier molecular flexibility index (Phi) is 5.90. The molecule has 0 aliphatic carbocycles. The highest BCUT2D eigenvalue weighted by molar-refractivity contribution is 5.99. The predicted molar refractivity (Wildman–Crippen MR) is 105 cm³/mol. The Morgan fingerprint density at radius 3 is 2.48 bits per heavy atom. The third-order valence-corrected chi connectivity index (χ3v) is 4.20. The molecule has 0 unspecified atom stereocenters. The van der Waals surface area contributed by atoms with Crippen molar-refractivity contribution in [3.63, 3.8) is 0 Å². The van der Waals surface area contributed by atoms with Gasteiger partial charge in [0.15, 0.2) is 11.6 Å². The van der Waals surface area contributed by atoms with Gasteiger partial charge in [-0.1, -0.05) is 12.1 Å². The van der Waals surface area contributed by atoms with Crippen molar-refractivity contribution in [2.45, 2.75) is 18.6 Å². The third-order valence-electron chi connectivity index (χ3n) is 4.20. The van der Waals surface area contributed by atoms with Gasteiger partial charge in [-0.3, -0.25) is 14.6 Å². The van der Waals surface area contributed by atoms with Gasteiger partial charge in [-0.25, -0.2) is 9.37 Å². The number of nitrogens with zero attached hydrogens (tertiary/aromatic N) is 2. The van der Waals surface area contributed by atoms with Crippen molar-refractivity contribution in [1.29, 1.82) is 0 Å². The molecule has 0 fully saturated rings. The van der Waals surface area contributed by atoms with E-state index in [1.54, 1.807) is 30.5 Å². The molecule has 162 valence electrons. The number of benzene rings is 1. The van der Waals surface area contributed by atoms with E-state index in [0.29, 0.717) is 17.3 Å². The van der Waals surface area contributed by atoms with Crippen LogP contribution in [0.4, 0.5) is 34.9 Å². The maximum absolute atomic E-state index is 14.4. The summed E-state index contributed by atoms with van der Waals surface area (Å²) in [6.07, 6.45) is -4.81. The summed E-state index contributed by atoms with van der Waals surface area (Å²) >= 11 is 0. The standard InChI is InChI=1S/C19H16F4N6O2/c20-12-7-11(15(24)30)17(27-10-4-3-9-2-1-5-26-13(9)6-10)29-18(12)28-14(16(25)31)8-19(21,22)23/h1-7,14H,8H2,(H2,24,30)(H2,25,31)(H2,27,28,29)/t14-/m1/s1. The zero-order valence-electron chi connectivity index (χ0n) is 15.7. The maximum atomic E-state index is 14.4. The van der Waals surface area contributed by atoms with Gasteiger partial charge in [0.1, 0.15) is 11.9 Å². The van der Waals surface area contributed by atoms with Gasteiger partial charge in [0.25, 0.3) is 5.91 Å². The molecule has 0 saturated heterocycles. The number of fused-ring (bicyclic) bond motifs is 1. The van der Waals surface area contributed by atoms with E-state index in [4.69, 9.17) is 11.5 Å².